The van der Waals surface area contributed by atoms with Crippen LogP contribution >= 0.6 is 0 Å². The Morgan fingerprint density at radius 3 is 0.846 bits per heavy atom. The molecule has 0 unspecified atom stereocenters. The Balaban J connectivity index is 0. The first-order valence-electron chi connectivity index (χ1n) is 3.21. The predicted molar refractivity (Wildman–Crippen MR) is 46.9 cm³/mol. The largest absolute Gasteiger partial charge is 1.00 e. The van der Waals surface area contributed by atoms with Gasteiger partial charge in [0.1, 0.15) is 0 Å². The van der Waals surface area contributed by atoms with Crippen LogP contribution in [-0.4, -0.2) is 5.09 Å². The Kier molecular flexibility index (Phi) is 12.1. The molecule has 0 spiro atoms. The van der Waals surface area contributed by atoms with Crippen molar-refractivity contribution in [2.45, 2.75) is 0 Å². The van der Waals surface area contributed by atoms with Gasteiger partial charge in [0.15, 0.2) is 0 Å². The molecule has 0 radical (unpaired) electrons. The van der Waals surface area contributed by atoms with Crippen LogP contribution in [0, 0.1) is 15.3 Å². The molecular formula is C8H8AgNO3. The van der Waals surface area contributed by atoms with Gasteiger partial charge < -0.3 is 15.3 Å². The normalized spacial score (nSPS) is 11.7. The van der Waals surface area contributed by atoms with Crippen LogP contribution < -0.4 is 0 Å². The molecule has 0 aromatic heterocycles. The van der Waals surface area contributed by atoms with E-state index in [1.165, 1.54) is 0 Å². The molecule has 0 aromatic carbocycles. The Hall–Kier alpha value is -1.10. The molecular weight excluding hydrogens is 266 g/mol. The Bertz CT molecular complexity index is 184. The van der Waals surface area contributed by atoms with Gasteiger partial charge in [-0.3, -0.25) is 0 Å². The van der Waals surface area contributed by atoms with Gasteiger partial charge in [-0.15, -0.1) is 0 Å². The smallest absolute Gasteiger partial charge is 0.356 e. The fraction of sp³-hybridized carbons (Fsp3) is 0. The summed E-state index contributed by atoms with van der Waals surface area (Å²) in [5, 5.41) is 14.8. The molecule has 0 saturated carbocycles. The molecule has 0 N–H and O–H groups in total. The Labute approximate surface area is 91.6 Å². The topological polar surface area (TPSA) is 66.2 Å². The molecule has 0 saturated heterocycles. The van der Waals surface area contributed by atoms with Gasteiger partial charge in [-0.25, -0.2) is 0 Å². The monoisotopic (exact) mass is 273 g/mol. The van der Waals surface area contributed by atoms with Gasteiger partial charge >= 0.3 is 22.4 Å². The summed E-state index contributed by atoms with van der Waals surface area (Å²) in [6, 6.07) is 0. The van der Waals surface area contributed by atoms with E-state index in [0.29, 0.717) is 0 Å². The number of allylic oxidation sites excluding steroid dienone is 8. The van der Waals surface area contributed by atoms with Crippen molar-refractivity contribution < 1.29 is 27.5 Å². The van der Waals surface area contributed by atoms with E-state index >= 15 is 0 Å². The molecule has 1 rings (SSSR count). The SMILES string of the molecule is C1=CC=CC=CC=C1.O=[N+]([O-])[O-].[Ag+]. The maximum Gasteiger partial charge on any atom is 1.00 e. The summed E-state index contributed by atoms with van der Waals surface area (Å²) >= 11 is 0. The quantitative estimate of drug-likeness (QED) is 0.385. The van der Waals surface area contributed by atoms with Crippen molar-refractivity contribution in [2.75, 3.05) is 0 Å². The number of hydrogen-bond donors (Lipinski definition) is 0. The third-order valence-electron chi connectivity index (χ3n) is 0.889. The second-order valence-electron chi connectivity index (χ2n) is 1.76. The average Bonchev–Trinajstić information content (AvgIpc) is 1.82. The Morgan fingerprint density at radius 2 is 0.769 bits per heavy atom. The van der Waals surface area contributed by atoms with E-state index < -0.39 is 5.09 Å². The summed E-state index contributed by atoms with van der Waals surface area (Å²) in [6.45, 7) is 0. The maximum atomic E-state index is 8.25. The number of nitrogens with zero attached hydrogens (tertiary/aromatic N) is 1. The third kappa shape index (κ3) is 18.1. The van der Waals surface area contributed by atoms with Gasteiger partial charge in [0, 0.05) is 0 Å². The number of rotatable bonds is 0. The van der Waals surface area contributed by atoms with E-state index in [-0.39, 0.29) is 22.4 Å². The second kappa shape index (κ2) is 10.9. The van der Waals surface area contributed by atoms with Crippen molar-refractivity contribution in [3.63, 3.8) is 0 Å². The molecule has 0 fully saturated rings. The average molecular weight is 274 g/mol. The van der Waals surface area contributed by atoms with Crippen LogP contribution in [0.5, 0.6) is 0 Å². The van der Waals surface area contributed by atoms with Crippen molar-refractivity contribution >= 4 is 0 Å². The molecule has 5 heteroatoms. The van der Waals surface area contributed by atoms with E-state index in [2.05, 4.69) is 0 Å². The minimum Gasteiger partial charge on any atom is -0.356 e. The summed E-state index contributed by atoms with van der Waals surface area (Å²) in [6.07, 6.45) is 16.0. The summed E-state index contributed by atoms with van der Waals surface area (Å²) < 4.78 is 0. The van der Waals surface area contributed by atoms with Gasteiger partial charge in [-0.2, -0.15) is 0 Å². The molecule has 0 heterocycles. The molecule has 1 aliphatic rings. The number of hydrogen-bond acceptors (Lipinski definition) is 3. The van der Waals surface area contributed by atoms with Gasteiger partial charge in [0.2, 0.25) is 0 Å². The summed E-state index contributed by atoms with van der Waals surface area (Å²) in [4.78, 5) is 8.25. The third-order valence-corrected chi connectivity index (χ3v) is 0.889. The fourth-order valence-electron chi connectivity index (χ4n) is 0.513. The van der Waals surface area contributed by atoms with E-state index in [1.807, 2.05) is 48.6 Å². The van der Waals surface area contributed by atoms with Crippen LogP contribution in [0.4, 0.5) is 0 Å². The first-order chi connectivity index (χ1) is 5.73. The molecule has 13 heavy (non-hydrogen) atoms. The van der Waals surface area contributed by atoms with Gasteiger partial charge in [0.25, 0.3) is 0 Å². The molecule has 0 atom stereocenters. The zero-order valence-electron chi connectivity index (χ0n) is 6.59. The molecule has 74 valence electrons. The fourth-order valence-corrected chi connectivity index (χ4v) is 0.513. The summed E-state index contributed by atoms with van der Waals surface area (Å²) in [5.41, 5.74) is 0. The standard InChI is InChI=1S/C8H8.Ag.NO3/c1-2-4-6-8-7-5-3-1;;2-1(3)4/h1-8H;;/q;+1;-1. The van der Waals surface area contributed by atoms with Crippen LogP contribution in [-0.2, 0) is 22.4 Å². The van der Waals surface area contributed by atoms with Crippen molar-refractivity contribution in [1.82, 2.24) is 0 Å². The summed E-state index contributed by atoms with van der Waals surface area (Å²) in [7, 11) is 0. The first-order valence-corrected chi connectivity index (χ1v) is 3.21. The molecule has 4 nitrogen and oxygen atoms in total. The van der Waals surface area contributed by atoms with E-state index in [1.54, 1.807) is 0 Å². The minimum atomic E-state index is -1.75. The second-order valence-corrected chi connectivity index (χ2v) is 1.76. The van der Waals surface area contributed by atoms with Crippen LogP contribution in [0.15, 0.2) is 48.6 Å². The molecule has 0 aromatic rings. The summed E-state index contributed by atoms with van der Waals surface area (Å²) in [5.74, 6) is 0. The van der Waals surface area contributed by atoms with Gasteiger partial charge in [-0.05, 0) is 0 Å². The van der Waals surface area contributed by atoms with Gasteiger partial charge in [0.05, 0.1) is 5.09 Å². The maximum absolute atomic E-state index is 8.25. The van der Waals surface area contributed by atoms with Crippen molar-refractivity contribution in [2.24, 2.45) is 0 Å². The van der Waals surface area contributed by atoms with Crippen LogP contribution in [0.25, 0.3) is 0 Å². The zero-order chi connectivity index (χ0) is 9.23. The van der Waals surface area contributed by atoms with Crippen LogP contribution in [0.2, 0.25) is 0 Å². The molecule has 1 aliphatic carbocycles. The van der Waals surface area contributed by atoms with E-state index in [0.717, 1.165) is 0 Å². The minimum absolute atomic E-state index is 0. The molecule has 0 bridgehead atoms. The molecule has 0 aliphatic heterocycles. The van der Waals surface area contributed by atoms with Crippen molar-refractivity contribution in [3.05, 3.63) is 63.9 Å². The van der Waals surface area contributed by atoms with Crippen LogP contribution in [0.1, 0.15) is 0 Å². The molecule has 0 amide bonds. The van der Waals surface area contributed by atoms with Crippen molar-refractivity contribution in [3.8, 4) is 0 Å². The predicted octanol–water partition coefficient (Wildman–Crippen LogP) is 1.98. The zero-order valence-corrected chi connectivity index (χ0v) is 8.07. The van der Waals surface area contributed by atoms with Gasteiger partial charge in [-0.1, -0.05) is 48.6 Å². The van der Waals surface area contributed by atoms with Crippen molar-refractivity contribution in [1.29, 1.82) is 0 Å². The Morgan fingerprint density at radius 1 is 0.692 bits per heavy atom. The van der Waals surface area contributed by atoms with E-state index in [9.17, 15) is 0 Å². The van der Waals surface area contributed by atoms with Crippen LogP contribution in [0.3, 0.4) is 0 Å². The van der Waals surface area contributed by atoms with E-state index in [4.69, 9.17) is 15.3 Å². The first kappa shape index (κ1) is 14.4.